The van der Waals surface area contributed by atoms with Crippen molar-refractivity contribution in [1.82, 2.24) is 10.6 Å². The molecule has 4 amide bonds. The van der Waals surface area contributed by atoms with Crippen molar-refractivity contribution in [2.45, 2.75) is 25.8 Å². The van der Waals surface area contributed by atoms with Crippen LogP contribution in [0.5, 0.6) is 0 Å². The minimum atomic E-state index is -0.724. The van der Waals surface area contributed by atoms with Crippen molar-refractivity contribution in [3.05, 3.63) is 52.2 Å². The number of piperidine rings is 1. The second kappa shape index (κ2) is 9.83. The number of thiophene rings is 1. The van der Waals surface area contributed by atoms with Gasteiger partial charge in [0.1, 0.15) is 0 Å². The SMILES string of the molecule is O=C(COC(=O)c1ccc(N2CCCCC2=O)cc1)NC(=O)NCc1cccs1. The molecule has 29 heavy (non-hydrogen) atoms. The fraction of sp³-hybridized carbons (Fsp3) is 0.300. The Morgan fingerprint density at radius 1 is 1.10 bits per heavy atom. The van der Waals surface area contributed by atoms with Gasteiger partial charge in [0, 0.05) is 23.5 Å². The first-order valence-electron chi connectivity index (χ1n) is 9.20. The second-order valence-corrected chi connectivity index (χ2v) is 7.47. The minimum Gasteiger partial charge on any atom is -0.452 e. The first-order valence-corrected chi connectivity index (χ1v) is 10.1. The maximum Gasteiger partial charge on any atom is 0.338 e. The van der Waals surface area contributed by atoms with Crippen LogP contribution in [0.3, 0.4) is 0 Å². The van der Waals surface area contributed by atoms with Crippen molar-refractivity contribution in [2.24, 2.45) is 0 Å². The third kappa shape index (κ3) is 5.89. The number of nitrogens with one attached hydrogen (secondary N) is 2. The predicted molar refractivity (Wildman–Crippen MR) is 108 cm³/mol. The summed E-state index contributed by atoms with van der Waals surface area (Å²) in [5.41, 5.74) is 0.986. The van der Waals surface area contributed by atoms with E-state index in [1.165, 1.54) is 11.3 Å². The van der Waals surface area contributed by atoms with Crippen LogP contribution in [0.1, 0.15) is 34.5 Å². The monoisotopic (exact) mass is 415 g/mol. The summed E-state index contributed by atoms with van der Waals surface area (Å²) >= 11 is 1.49. The van der Waals surface area contributed by atoms with Crippen LogP contribution in [0.4, 0.5) is 10.5 Å². The summed E-state index contributed by atoms with van der Waals surface area (Å²) in [6.07, 6.45) is 2.37. The number of ether oxygens (including phenoxy) is 1. The molecule has 0 spiro atoms. The molecule has 152 valence electrons. The number of amides is 4. The molecule has 3 rings (SSSR count). The van der Waals surface area contributed by atoms with Gasteiger partial charge in [-0.15, -0.1) is 11.3 Å². The number of nitrogens with zero attached hydrogens (tertiary/aromatic N) is 1. The number of urea groups is 1. The lowest BCUT2D eigenvalue weighted by Crippen LogP contribution is -2.41. The third-order valence-corrected chi connectivity index (χ3v) is 5.21. The molecule has 2 heterocycles. The maximum absolute atomic E-state index is 12.1. The number of benzene rings is 1. The van der Waals surface area contributed by atoms with Crippen molar-refractivity contribution in [2.75, 3.05) is 18.1 Å². The fourth-order valence-electron chi connectivity index (χ4n) is 2.86. The molecule has 1 aliphatic rings. The molecule has 1 aromatic heterocycles. The lowest BCUT2D eigenvalue weighted by atomic mass is 10.1. The number of carbonyl (C=O) groups is 4. The molecule has 1 saturated heterocycles. The predicted octanol–water partition coefficient (Wildman–Crippen LogP) is 2.45. The summed E-state index contributed by atoms with van der Waals surface area (Å²) in [4.78, 5) is 50.1. The van der Waals surface area contributed by atoms with E-state index in [1.54, 1.807) is 29.2 Å². The van der Waals surface area contributed by atoms with Crippen LogP contribution in [0, 0.1) is 0 Å². The standard InChI is InChI=1S/C20H21N3O5S/c24-17(22-20(27)21-12-16-4-3-11-29-16)13-28-19(26)14-6-8-15(9-7-14)23-10-2-1-5-18(23)25/h3-4,6-9,11H,1-2,5,10,12-13H2,(H2,21,22,24,27). The molecule has 0 unspecified atom stereocenters. The smallest absolute Gasteiger partial charge is 0.338 e. The molecule has 2 N–H and O–H groups in total. The van der Waals surface area contributed by atoms with E-state index in [4.69, 9.17) is 4.74 Å². The summed E-state index contributed by atoms with van der Waals surface area (Å²) in [5.74, 6) is -1.34. The maximum atomic E-state index is 12.1. The van der Waals surface area contributed by atoms with Gasteiger partial charge in [0.2, 0.25) is 5.91 Å². The van der Waals surface area contributed by atoms with Crippen molar-refractivity contribution < 1.29 is 23.9 Å². The zero-order chi connectivity index (χ0) is 20.6. The fourth-order valence-corrected chi connectivity index (χ4v) is 3.50. The van der Waals surface area contributed by atoms with E-state index >= 15 is 0 Å². The van der Waals surface area contributed by atoms with Gasteiger partial charge in [0.15, 0.2) is 6.61 Å². The van der Waals surface area contributed by atoms with Crippen molar-refractivity contribution in [3.63, 3.8) is 0 Å². The quantitative estimate of drug-likeness (QED) is 0.705. The van der Waals surface area contributed by atoms with Crippen molar-refractivity contribution in [3.8, 4) is 0 Å². The molecule has 0 saturated carbocycles. The van der Waals surface area contributed by atoms with Crippen LogP contribution >= 0.6 is 11.3 Å². The highest BCUT2D eigenvalue weighted by Gasteiger charge is 2.20. The van der Waals surface area contributed by atoms with E-state index in [0.29, 0.717) is 19.5 Å². The Balaban J connectivity index is 1.43. The lowest BCUT2D eigenvalue weighted by molar-refractivity contribution is -0.123. The van der Waals surface area contributed by atoms with E-state index in [9.17, 15) is 19.2 Å². The van der Waals surface area contributed by atoms with Crippen molar-refractivity contribution in [1.29, 1.82) is 0 Å². The Bertz CT molecular complexity index is 880. The van der Waals surface area contributed by atoms with Crippen LogP contribution in [0.2, 0.25) is 0 Å². The lowest BCUT2D eigenvalue weighted by Gasteiger charge is -2.26. The highest BCUT2D eigenvalue weighted by molar-refractivity contribution is 7.09. The second-order valence-electron chi connectivity index (χ2n) is 6.44. The number of hydrogen-bond acceptors (Lipinski definition) is 6. The number of rotatable bonds is 6. The van der Waals surface area contributed by atoms with E-state index in [1.807, 2.05) is 17.5 Å². The first kappa shape index (κ1) is 20.5. The summed E-state index contributed by atoms with van der Waals surface area (Å²) < 4.78 is 4.94. The highest BCUT2D eigenvalue weighted by Crippen LogP contribution is 2.21. The van der Waals surface area contributed by atoms with Crippen LogP contribution < -0.4 is 15.5 Å². The molecule has 8 nitrogen and oxygen atoms in total. The molecule has 0 aliphatic carbocycles. The molecule has 9 heteroatoms. The zero-order valence-electron chi connectivity index (χ0n) is 15.7. The number of carbonyl (C=O) groups excluding carboxylic acids is 4. The summed E-state index contributed by atoms with van der Waals surface area (Å²) in [7, 11) is 0. The minimum absolute atomic E-state index is 0.0700. The molecule has 0 bridgehead atoms. The molecular formula is C20H21N3O5S. The third-order valence-electron chi connectivity index (χ3n) is 4.33. The van der Waals surface area contributed by atoms with Gasteiger partial charge in [0.25, 0.3) is 5.91 Å². The summed E-state index contributed by atoms with van der Waals surface area (Å²) in [6.45, 7) is 0.400. The number of hydrogen-bond donors (Lipinski definition) is 2. The van der Waals surface area contributed by atoms with Gasteiger partial charge in [-0.05, 0) is 48.6 Å². The van der Waals surface area contributed by atoms with Crippen molar-refractivity contribution >= 4 is 40.8 Å². The average molecular weight is 415 g/mol. The Labute approximate surface area is 171 Å². The molecule has 0 atom stereocenters. The number of esters is 1. The number of imide groups is 1. The first-order chi connectivity index (χ1) is 14.0. The van der Waals surface area contributed by atoms with Gasteiger partial charge in [-0.2, -0.15) is 0 Å². The molecule has 1 aliphatic heterocycles. The molecule has 1 fully saturated rings. The number of anilines is 1. The van der Waals surface area contributed by atoms with Gasteiger partial charge < -0.3 is 15.0 Å². The van der Waals surface area contributed by atoms with Crippen LogP contribution in [-0.2, 0) is 20.9 Å². The largest absolute Gasteiger partial charge is 0.452 e. The Kier molecular flexibility index (Phi) is 6.96. The normalized spacial score (nSPS) is 13.7. The topological polar surface area (TPSA) is 105 Å². The van der Waals surface area contributed by atoms with Gasteiger partial charge in [0.05, 0.1) is 12.1 Å². The van der Waals surface area contributed by atoms with Gasteiger partial charge in [-0.3, -0.25) is 14.9 Å². The molecule has 2 aromatic rings. The van der Waals surface area contributed by atoms with Crippen LogP contribution in [0.15, 0.2) is 41.8 Å². The average Bonchev–Trinajstić information content (AvgIpc) is 3.25. The van der Waals surface area contributed by atoms with Gasteiger partial charge in [-0.1, -0.05) is 6.07 Å². The van der Waals surface area contributed by atoms with E-state index in [-0.39, 0.29) is 11.5 Å². The van der Waals surface area contributed by atoms with E-state index in [2.05, 4.69) is 10.6 Å². The van der Waals surface area contributed by atoms with Gasteiger partial charge in [-0.25, -0.2) is 9.59 Å². The molecular weight excluding hydrogens is 394 g/mol. The summed E-state index contributed by atoms with van der Waals surface area (Å²) in [5, 5.41) is 6.53. The summed E-state index contributed by atoms with van der Waals surface area (Å²) in [6, 6.07) is 9.52. The van der Waals surface area contributed by atoms with E-state index in [0.717, 1.165) is 23.4 Å². The van der Waals surface area contributed by atoms with Crippen LogP contribution in [0.25, 0.3) is 0 Å². The molecule has 1 aromatic carbocycles. The Morgan fingerprint density at radius 3 is 2.59 bits per heavy atom. The van der Waals surface area contributed by atoms with Gasteiger partial charge >= 0.3 is 12.0 Å². The Hall–Kier alpha value is -3.20. The zero-order valence-corrected chi connectivity index (χ0v) is 16.5. The highest BCUT2D eigenvalue weighted by atomic mass is 32.1. The molecule has 0 radical (unpaired) electrons. The Morgan fingerprint density at radius 2 is 1.90 bits per heavy atom. The van der Waals surface area contributed by atoms with E-state index < -0.39 is 24.5 Å². The van der Waals surface area contributed by atoms with Crippen LogP contribution in [-0.4, -0.2) is 37.0 Å².